The first-order valence-corrected chi connectivity index (χ1v) is 5.45. The third-order valence-corrected chi connectivity index (χ3v) is 3.08. The lowest BCUT2D eigenvalue weighted by molar-refractivity contribution is 0.0445. The number of rotatable bonds is 6. The second-order valence-corrected chi connectivity index (χ2v) is 4.08. The molecule has 15 heavy (non-hydrogen) atoms. The molecule has 1 N–H and O–H groups in total. The van der Waals surface area contributed by atoms with Crippen LogP contribution in [0.4, 0.5) is 0 Å². The van der Waals surface area contributed by atoms with E-state index in [1.54, 1.807) is 7.11 Å². The summed E-state index contributed by atoms with van der Waals surface area (Å²) in [5.74, 6) is 2.75. The average molecular weight is 212 g/mol. The largest absolute Gasteiger partial charge is 0.389 e. The third kappa shape index (κ3) is 2.94. The lowest BCUT2D eigenvalue weighted by Crippen LogP contribution is -2.27. The number of epoxide rings is 1. The fourth-order valence-electron chi connectivity index (χ4n) is 2.07. The monoisotopic (exact) mass is 212 g/mol. The van der Waals surface area contributed by atoms with Crippen LogP contribution in [0.3, 0.4) is 0 Å². The Morgan fingerprint density at radius 3 is 2.67 bits per heavy atom. The minimum Gasteiger partial charge on any atom is -0.389 e. The lowest BCUT2D eigenvalue weighted by Gasteiger charge is -2.19. The molecule has 0 aromatic heterocycles. The molecule has 5 atom stereocenters. The van der Waals surface area contributed by atoms with Crippen LogP contribution in [0.5, 0.6) is 0 Å². The Kier molecular flexibility index (Phi) is 4.59. The van der Waals surface area contributed by atoms with Crippen LogP contribution < -0.4 is 0 Å². The Morgan fingerprint density at radius 1 is 1.53 bits per heavy atom. The van der Waals surface area contributed by atoms with Gasteiger partial charge in [-0.25, -0.2) is 0 Å². The predicted octanol–water partition coefficient (Wildman–Crippen LogP) is 1.20. The molecule has 1 aliphatic heterocycles. The summed E-state index contributed by atoms with van der Waals surface area (Å²) in [5, 5.41) is 9.63. The Labute approximate surface area is 91.8 Å². The standard InChI is InChI=1S/C12H20O3/c1-5-7-9(13)12-11(15-12)8(3)10(6-2)14-4/h1,8-13H,6-7H2,2-4H3. The van der Waals surface area contributed by atoms with E-state index >= 15 is 0 Å². The van der Waals surface area contributed by atoms with Gasteiger partial charge in [0.2, 0.25) is 0 Å². The van der Waals surface area contributed by atoms with E-state index in [0.29, 0.717) is 12.3 Å². The molecule has 1 fully saturated rings. The quantitative estimate of drug-likeness (QED) is 0.531. The Balaban J connectivity index is 2.39. The molecule has 3 nitrogen and oxygen atoms in total. The van der Waals surface area contributed by atoms with Gasteiger partial charge in [0.15, 0.2) is 0 Å². The van der Waals surface area contributed by atoms with Crippen LogP contribution in [0.15, 0.2) is 0 Å². The van der Waals surface area contributed by atoms with Crippen LogP contribution in [-0.4, -0.2) is 36.6 Å². The first-order chi connectivity index (χ1) is 7.15. The van der Waals surface area contributed by atoms with Crippen molar-refractivity contribution >= 4 is 0 Å². The molecule has 0 saturated carbocycles. The van der Waals surface area contributed by atoms with Gasteiger partial charge >= 0.3 is 0 Å². The van der Waals surface area contributed by atoms with E-state index in [1.165, 1.54) is 0 Å². The number of aliphatic hydroxyl groups is 1. The van der Waals surface area contributed by atoms with Crippen molar-refractivity contribution < 1.29 is 14.6 Å². The van der Waals surface area contributed by atoms with Crippen molar-refractivity contribution in [3.8, 4) is 12.3 Å². The van der Waals surface area contributed by atoms with Crippen LogP contribution in [0.2, 0.25) is 0 Å². The van der Waals surface area contributed by atoms with Crippen LogP contribution >= 0.6 is 0 Å². The summed E-state index contributed by atoms with van der Waals surface area (Å²) in [6.07, 6.45) is 6.11. The van der Waals surface area contributed by atoms with Crippen molar-refractivity contribution in [2.45, 2.75) is 51.1 Å². The summed E-state index contributed by atoms with van der Waals surface area (Å²) < 4.78 is 10.8. The highest BCUT2D eigenvalue weighted by molar-refractivity contribution is 5.00. The summed E-state index contributed by atoms with van der Waals surface area (Å²) in [5.41, 5.74) is 0. The molecule has 0 radical (unpaired) electrons. The van der Waals surface area contributed by atoms with Gasteiger partial charge in [-0.1, -0.05) is 13.8 Å². The van der Waals surface area contributed by atoms with Crippen molar-refractivity contribution in [2.75, 3.05) is 7.11 Å². The molecule has 0 aliphatic carbocycles. The van der Waals surface area contributed by atoms with Gasteiger partial charge in [0.1, 0.15) is 6.10 Å². The maximum Gasteiger partial charge on any atom is 0.111 e. The second-order valence-electron chi connectivity index (χ2n) is 4.08. The Morgan fingerprint density at radius 2 is 2.20 bits per heavy atom. The van der Waals surface area contributed by atoms with E-state index < -0.39 is 6.10 Å². The fraction of sp³-hybridized carbons (Fsp3) is 0.833. The van der Waals surface area contributed by atoms with Gasteiger partial charge in [-0.15, -0.1) is 12.3 Å². The maximum atomic E-state index is 9.63. The summed E-state index contributed by atoms with van der Waals surface area (Å²) in [4.78, 5) is 0. The number of terminal acetylenes is 1. The van der Waals surface area contributed by atoms with Crippen molar-refractivity contribution in [2.24, 2.45) is 5.92 Å². The molecule has 0 bridgehead atoms. The summed E-state index contributed by atoms with van der Waals surface area (Å²) in [7, 11) is 1.71. The van der Waals surface area contributed by atoms with Gasteiger partial charge in [0.25, 0.3) is 0 Å². The first-order valence-electron chi connectivity index (χ1n) is 5.45. The Hall–Kier alpha value is -0.560. The van der Waals surface area contributed by atoms with Crippen LogP contribution in [-0.2, 0) is 9.47 Å². The van der Waals surface area contributed by atoms with E-state index in [0.717, 1.165) is 6.42 Å². The molecule has 1 heterocycles. The van der Waals surface area contributed by atoms with E-state index in [4.69, 9.17) is 15.9 Å². The molecule has 86 valence electrons. The number of hydrogen-bond donors (Lipinski definition) is 1. The molecule has 1 aliphatic rings. The van der Waals surface area contributed by atoms with Crippen molar-refractivity contribution in [3.05, 3.63) is 0 Å². The number of aliphatic hydroxyl groups excluding tert-OH is 1. The van der Waals surface area contributed by atoms with Gasteiger partial charge in [0, 0.05) is 19.4 Å². The van der Waals surface area contributed by atoms with E-state index in [-0.39, 0.29) is 18.3 Å². The molecule has 1 rings (SSSR count). The van der Waals surface area contributed by atoms with Gasteiger partial charge < -0.3 is 14.6 Å². The van der Waals surface area contributed by atoms with Crippen molar-refractivity contribution in [3.63, 3.8) is 0 Å². The second kappa shape index (κ2) is 5.50. The number of hydrogen-bond acceptors (Lipinski definition) is 3. The molecule has 1 saturated heterocycles. The summed E-state index contributed by atoms with van der Waals surface area (Å²) in [6.45, 7) is 4.17. The smallest absolute Gasteiger partial charge is 0.111 e. The van der Waals surface area contributed by atoms with Crippen LogP contribution in [0, 0.1) is 18.3 Å². The van der Waals surface area contributed by atoms with Gasteiger partial charge in [-0.3, -0.25) is 0 Å². The number of ether oxygens (including phenoxy) is 2. The number of methoxy groups -OCH3 is 1. The summed E-state index contributed by atoms with van der Waals surface area (Å²) in [6, 6.07) is 0. The molecule has 3 heteroatoms. The van der Waals surface area contributed by atoms with E-state index in [1.807, 2.05) is 0 Å². The highest BCUT2D eigenvalue weighted by Gasteiger charge is 2.49. The zero-order valence-corrected chi connectivity index (χ0v) is 9.64. The molecular weight excluding hydrogens is 192 g/mol. The minimum absolute atomic E-state index is 0.0956. The minimum atomic E-state index is -0.531. The van der Waals surface area contributed by atoms with Crippen LogP contribution in [0.25, 0.3) is 0 Å². The fourth-order valence-corrected chi connectivity index (χ4v) is 2.07. The van der Waals surface area contributed by atoms with E-state index in [9.17, 15) is 5.11 Å². The molecule has 5 unspecified atom stereocenters. The van der Waals surface area contributed by atoms with Crippen molar-refractivity contribution in [1.29, 1.82) is 0 Å². The van der Waals surface area contributed by atoms with Gasteiger partial charge in [-0.2, -0.15) is 0 Å². The van der Waals surface area contributed by atoms with E-state index in [2.05, 4.69) is 19.8 Å². The maximum absolute atomic E-state index is 9.63. The zero-order valence-electron chi connectivity index (χ0n) is 9.64. The topological polar surface area (TPSA) is 42.0 Å². The predicted molar refractivity (Wildman–Crippen MR) is 58.4 cm³/mol. The molecular formula is C12H20O3. The van der Waals surface area contributed by atoms with Crippen molar-refractivity contribution in [1.82, 2.24) is 0 Å². The highest BCUT2D eigenvalue weighted by Crippen LogP contribution is 2.35. The zero-order chi connectivity index (χ0) is 11.4. The normalized spacial score (nSPS) is 30.3. The van der Waals surface area contributed by atoms with Gasteiger partial charge in [0.05, 0.1) is 18.3 Å². The molecule has 0 aromatic rings. The lowest BCUT2D eigenvalue weighted by atomic mass is 9.95. The highest BCUT2D eigenvalue weighted by atomic mass is 16.6. The third-order valence-electron chi connectivity index (χ3n) is 3.08. The SMILES string of the molecule is C#CCC(O)C1OC1C(C)C(CC)OC. The Bertz CT molecular complexity index is 230. The molecule has 0 amide bonds. The first kappa shape index (κ1) is 12.5. The molecule has 0 aromatic carbocycles. The summed E-state index contributed by atoms with van der Waals surface area (Å²) >= 11 is 0. The van der Waals surface area contributed by atoms with Gasteiger partial charge in [-0.05, 0) is 6.42 Å². The molecule has 0 spiro atoms. The average Bonchev–Trinajstić information content (AvgIpc) is 2.99. The van der Waals surface area contributed by atoms with Crippen LogP contribution in [0.1, 0.15) is 26.7 Å².